The second-order valence-corrected chi connectivity index (χ2v) is 8.90. The van der Waals surface area contributed by atoms with Gasteiger partial charge in [0, 0.05) is 36.0 Å². The van der Waals surface area contributed by atoms with Crippen LogP contribution in [-0.4, -0.2) is 63.8 Å². The highest BCUT2D eigenvalue weighted by Gasteiger charge is 2.78. The SMILES string of the molecule is CC[C@H]1[C@H]2C(O)[C@@H]3[C@@H]4N(C)c5ccccc5[C@]45C[C@@H](C2[C@@H]5O)N3[C@@H]1O. The van der Waals surface area contributed by atoms with Crippen molar-refractivity contribution in [2.24, 2.45) is 17.8 Å². The van der Waals surface area contributed by atoms with Crippen molar-refractivity contribution in [3.63, 3.8) is 0 Å². The zero-order chi connectivity index (χ0) is 17.2. The van der Waals surface area contributed by atoms with Crippen LogP contribution in [0.4, 0.5) is 5.69 Å². The summed E-state index contributed by atoms with van der Waals surface area (Å²) in [6, 6.07) is 8.50. The Bertz CT molecular complexity index is 756. The molecule has 5 fully saturated rings. The molecule has 25 heavy (non-hydrogen) atoms. The van der Waals surface area contributed by atoms with Gasteiger partial charge in [-0.2, -0.15) is 0 Å². The number of nitrogens with zero attached hydrogens (tertiary/aromatic N) is 2. The van der Waals surface area contributed by atoms with Gasteiger partial charge in [-0.25, -0.2) is 0 Å². The predicted molar refractivity (Wildman–Crippen MR) is 93.1 cm³/mol. The predicted octanol–water partition coefficient (Wildman–Crippen LogP) is 0.525. The molecule has 3 unspecified atom stereocenters. The van der Waals surface area contributed by atoms with Gasteiger partial charge in [-0.3, -0.25) is 4.90 Å². The molecule has 5 bridgehead atoms. The average Bonchev–Trinajstić information content (AvgIpc) is 3.01. The van der Waals surface area contributed by atoms with Gasteiger partial charge in [-0.15, -0.1) is 0 Å². The maximum absolute atomic E-state index is 11.6. The molecule has 0 amide bonds. The van der Waals surface area contributed by atoms with E-state index in [1.807, 2.05) is 6.07 Å². The van der Waals surface area contributed by atoms with E-state index in [4.69, 9.17) is 0 Å². The second kappa shape index (κ2) is 4.39. The smallest absolute Gasteiger partial charge is 0.111 e. The molecule has 1 aliphatic carbocycles. The van der Waals surface area contributed by atoms with E-state index in [9.17, 15) is 15.3 Å². The molecule has 6 aliphatic rings. The molecule has 0 aromatic heterocycles. The summed E-state index contributed by atoms with van der Waals surface area (Å²) in [6.45, 7) is 2.09. The molecule has 5 heteroatoms. The maximum Gasteiger partial charge on any atom is 0.111 e. The van der Waals surface area contributed by atoms with Crippen LogP contribution in [0, 0.1) is 17.8 Å². The first-order valence-corrected chi connectivity index (χ1v) is 9.68. The number of anilines is 1. The first-order chi connectivity index (χ1) is 12.0. The topological polar surface area (TPSA) is 67.2 Å². The highest BCUT2D eigenvalue weighted by molar-refractivity contribution is 5.67. The Kier molecular flexibility index (Phi) is 2.63. The zero-order valence-corrected chi connectivity index (χ0v) is 14.7. The molecular weight excluding hydrogens is 316 g/mol. The third-order valence-corrected chi connectivity index (χ3v) is 8.51. The fraction of sp³-hybridized carbons (Fsp3) is 0.700. The van der Waals surface area contributed by atoms with E-state index < -0.39 is 18.4 Å². The van der Waals surface area contributed by atoms with Crippen molar-refractivity contribution in [2.45, 2.75) is 61.7 Å². The number of hydrogen-bond acceptors (Lipinski definition) is 5. The summed E-state index contributed by atoms with van der Waals surface area (Å²) in [5.74, 6) is 0.112. The van der Waals surface area contributed by atoms with Crippen LogP contribution in [-0.2, 0) is 5.41 Å². The van der Waals surface area contributed by atoms with Crippen molar-refractivity contribution in [1.29, 1.82) is 0 Å². The van der Waals surface area contributed by atoms with E-state index in [0.29, 0.717) is 0 Å². The van der Waals surface area contributed by atoms with Crippen LogP contribution in [0.2, 0.25) is 0 Å². The van der Waals surface area contributed by atoms with Crippen LogP contribution in [0.15, 0.2) is 24.3 Å². The number of likely N-dealkylation sites (N-methyl/N-ethyl adjacent to an activating group) is 1. The Balaban J connectivity index is 1.62. The minimum Gasteiger partial charge on any atom is -0.392 e. The van der Waals surface area contributed by atoms with Crippen LogP contribution in [0.1, 0.15) is 25.3 Å². The Morgan fingerprint density at radius 2 is 1.92 bits per heavy atom. The average molecular weight is 342 g/mol. The summed E-state index contributed by atoms with van der Waals surface area (Å²) < 4.78 is 0. The van der Waals surface area contributed by atoms with Crippen molar-refractivity contribution < 1.29 is 15.3 Å². The van der Waals surface area contributed by atoms with Crippen LogP contribution in [0.3, 0.4) is 0 Å². The molecule has 0 radical (unpaired) electrons. The number of rotatable bonds is 1. The van der Waals surface area contributed by atoms with Crippen LogP contribution < -0.4 is 4.90 Å². The highest BCUT2D eigenvalue weighted by Crippen LogP contribution is 2.68. The molecule has 134 valence electrons. The van der Waals surface area contributed by atoms with Gasteiger partial charge in [0.2, 0.25) is 0 Å². The first kappa shape index (κ1) is 15.0. The van der Waals surface area contributed by atoms with Crippen LogP contribution in [0.25, 0.3) is 0 Å². The quantitative estimate of drug-likeness (QED) is 0.695. The third kappa shape index (κ3) is 1.32. The lowest BCUT2D eigenvalue weighted by molar-refractivity contribution is -0.253. The van der Waals surface area contributed by atoms with E-state index >= 15 is 0 Å². The fourth-order valence-electron chi connectivity index (χ4n) is 7.87. The normalized spacial score (nSPS) is 57.1. The number of aliphatic hydroxyl groups is 3. The van der Waals surface area contributed by atoms with E-state index in [-0.39, 0.29) is 41.3 Å². The number of piperidine rings is 4. The van der Waals surface area contributed by atoms with Crippen LogP contribution >= 0.6 is 0 Å². The summed E-state index contributed by atoms with van der Waals surface area (Å²) in [4.78, 5) is 4.45. The highest BCUT2D eigenvalue weighted by atomic mass is 16.3. The minimum absolute atomic E-state index is 0.000497. The second-order valence-electron chi connectivity index (χ2n) is 8.90. The summed E-state index contributed by atoms with van der Waals surface area (Å²) in [6.07, 6.45) is 0.299. The van der Waals surface area contributed by atoms with E-state index in [1.165, 1.54) is 11.3 Å². The standard InChI is InChI=1S/C20H26N2O3/c1-3-9-13-14-12-8-20(18(14)24)10-6-4-5-7-11(10)21(2)17(20)15(16(13)23)22(12)19(9)25/h4-7,9,12-19,23-25H,3,8H2,1-2H3/t9-,12-,13+,14?,15+,16?,17-,18-,19+,20+/m0/s1. The molecule has 1 saturated carbocycles. The number of hydrogen-bond donors (Lipinski definition) is 3. The lowest BCUT2D eigenvalue weighted by Crippen LogP contribution is -2.77. The van der Waals surface area contributed by atoms with Gasteiger partial charge in [0.1, 0.15) is 6.23 Å². The van der Waals surface area contributed by atoms with Gasteiger partial charge in [0.15, 0.2) is 0 Å². The molecule has 1 aromatic rings. The van der Waals surface area contributed by atoms with Crippen molar-refractivity contribution in [3.8, 4) is 0 Å². The molecule has 5 aliphatic heterocycles. The van der Waals surface area contributed by atoms with Crippen molar-refractivity contribution >= 4 is 5.69 Å². The molecule has 1 spiro atoms. The zero-order valence-electron chi connectivity index (χ0n) is 14.7. The number of aliphatic hydroxyl groups excluding tert-OH is 3. The number of para-hydroxylation sites is 1. The van der Waals surface area contributed by atoms with Gasteiger partial charge in [0.05, 0.1) is 24.3 Å². The van der Waals surface area contributed by atoms with Crippen molar-refractivity contribution in [1.82, 2.24) is 4.90 Å². The Morgan fingerprint density at radius 1 is 1.16 bits per heavy atom. The molecule has 5 heterocycles. The van der Waals surface area contributed by atoms with Gasteiger partial charge in [-0.05, 0) is 30.4 Å². The minimum atomic E-state index is -0.495. The lowest BCUT2D eigenvalue weighted by Gasteiger charge is -2.64. The Morgan fingerprint density at radius 3 is 2.68 bits per heavy atom. The molecule has 3 N–H and O–H groups in total. The third-order valence-electron chi connectivity index (χ3n) is 8.51. The van der Waals surface area contributed by atoms with Gasteiger partial charge in [0.25, 0.3) is 0 Å². The maximum atomic E-state index is 11.6. The molecule has 4 saturated heterocycles. The summed E-state index contributed by atoms with van der Waals surface area (Å²) >= 11 is 0. The Hall–Kier alpha value is -1.14. The molecular formula is C20H26N2O3. The van der Waals surface area contributed by atoms with Gasteiger partial charge >= 0.3 is 0 Å². The molecule has 7 rings (SSSR count). The molecule has 5 nitrogen and oxygen atoms in total. The van der Waals surface area contributed by atoms with E-state index in [1.54, 1.807) is 0 Å². The number of benzene rings is 1. The lowest BCUT2D eigenvalue weighted by atomic mass is 9.61. The van der Waals surface area contributed by atoms with Crippen molar-refractivity contribution in [3.05, 3.63) is 29.8 Å². The van der Waals surface area contributed by atoms with Gasteiger partial charge in [-0.1, -0.05) is 25.1 Å². The van der Waals surface area contributed by atoms with Crippen LogP contribution in [0.5, 0.6) is 0 Å². The first-order valence-electron chi connectivity index (χ1n) is 9.68. The monoisotopic (exact) mass is 342 g/mol. The van der Waals surface area contributed by atoms with Gasteiger partial charge < -0.3 is 20.2 Å². The summed E-state index contributed by atoms with van der Waals surface area (Å²) in [5, 5.41) is 33.9. The largest absolute Gasteiger partial charge is 0.392 e. The van der Waals surface area contributed by atoms with E-state index in [0.717, 1.165) is 12.8 Å². The summed E-state index contributed by atoms with van der Waals surface area (Å²) in [7, 11) is 2.09. The fourth-order valence-corrected chi connectivity index (χ4v) is 7.87. The molecule has 11 atom stereocenters. The van der Waals surface area contributed by atoms with E-state index in [2.05, 4.69) is 42.0 Å². The Labute approximate surface area is 147 Å². The van der Waals surface area contributed by atoms with Crippen molar-refractivity contribution in [2.75, 3.05) is 11.9 Å². The summed E-state index contributed by atoms with van der Waals surface area (Å²) in [5.41, 5.74) is 2.11. The molecule has 1 aromatic carbocycles. The number of fused-ring (bicyclic) bond motifs is 2.